The lowest BCUT2D eigenvalue weighted by Crippen LogP contribution is -2.07. The lowest BCUT2D eigenvalue weighted by Gasteiger charge is -2.05. The van der Waals surface area contributed by atoms with Gasteiger partial charge in [0.2, 0.25) is 5.91 Å². The Morgan fingerprint density at radius 3 is 2.53 bits per heavy atom. The first kappa shape index (κ1) is 23.9. The van der Waals surface area contributed by atoms with Gasteiger partial charge in [-0.15, -0.1) is 10.2 Å². The van der Waals surface area contributed by atoms with Crippen LogP contribution in [0.1, 0.15) is 31.1 Å². The lowest BCUT2D eigenvalue weighted by atomic mass is 10.0. The number of fused-ring (bicyclic) bond motifs is 1. The molecule has 2 aromatic heterocycles. The summed E-state index contributed by atoms with van der Waals surface area (Å²) in [6.07, 6.45) is 2.99. The van der Waals surface area contributed by atoms with Gasteiger partial charge in [-0.05, 0) is 72.2 Å². The first-order chi connectivity index (χ1) is 17.4. The van der Waals surface area contributed by atoms with E-state index < -0.39 is 0 Å². The monoisotopic (exact) mass is 516 g/mol. The topological polar surface area (TPSA) is 73.0 Å². The van der Waals surface area contributed by atoms with Crippen LogP contribution in [0, 0.1) is 0 Å². The average Bonchev–Trinajstić information content (AvgIpc) is 3.51. The fourth-order valence-electron chi connectivity index (χ4n) is 3.72. The fraction of sp³-hybridized carbons (Fsp3) is 0.107. The second kappa shape index (κ2) is 10.0. The molecule has 0 spiro atoms. The Kier molecular flexibility index (Phi) is 6.63. The second-order valence-corrected chi connectivity index (χ2v) is 9.35. The van der Waals surface area contributed by atoms with Gasteiger partial charge in [-0.2, -0.15) is 4.80 Å². The van der Waals surface area contributed by atoms with E-state index in [4.69, 9.17) is 27.6 Å². The molecular formula is C28H22Cl2N4O2. The third-order valence-electron chi connectivity index (χ3n) is 5.68. The first-order valence-corrected chi connectivity index (χ1v) is 12.1. The van der Waals surface area contributed by atoms with Gasteiger partial charge in [-0.1, -0.05) is 55.2 Å². The highest BCUT2D eigenvalue weighted by molar-refractivity contribution is 6.43. The van der Waals surface area contributed by atoms with Crippen LogP contribution >= 0.6 is 23.2 Å². The molecule has 36 heavy (non-hydrogen) atoms. The molecule has 0 radical (unpaired) electrons. The number of carbonyl (C=O) groups is 1. The predicted octanol–water partition coefficient (Wildman–Crippen LogP) is 7.76. The van der Waals surface area contributed by atoms with Crippen LogP contribution in [-0.2, 0) is 4.79 Å². The Hall–Kier alpha value is -3.87. The van der Waals surface area contributed by atoms with Crippen molar-refractivity contribution in [1.29, 1.82) is 0 Å². The highest BCUT2D eigenvalue weighted by atomic mass is 35.5. The molecule has 0 saturated heterocycles. The van der Waals surface area contributed by atoms with Crippen molar-refractivity contribution >= 4 is 51.9 Å². The van der Waals surface area contributed by atoms with Crippen molar-refractivity contribution in [1.82, 2.24) is 15.0 Å². The lowest BCUT2D eigenvalue weighted by molar-refractivity contribution is -0.111. The zero-order valence-corrected chi connectivity index (χ0v) is 21.1. The Bertz CT molecular complexity index is 1580. The number of carbonyl (C=O) groups excluding carboxylic acids is 1. The van der Waals surface area contributed by atoms with Crippen LogP contribution in [0.3, 0.4) is 0 Å². The maximum absolute atomic E-state index is 12.5. The molecule has 1 N–H and O–H groups in total. The van der Waals surface area contributed by atoms with Gasteiger partial charge in [-0.25, -0.2) is 0 Å². The van der Waals surface area contributed by atoms with Crippen LogP contribution in [0.25, 0.3) is 34.1 Å². The number of furan rings is 1. The Morgan fingerprint density at radius 1 is 0.972 bits per heavy atom. The van der Waals surface area contributed by atoms with E-state index in [0.717, 1.165) is 11.2 Å². The summed E-state index contributed by atoms with van der Waals surface area (Å²) in [6.45, 7) is 4.31. The molecule has 0 unspecified atom stereocenters. The highest BCUT2D eigenvalue weighted by Crippen LogP contribution is 2.34. The van der Waals surface area contributed by atoms with E-state index in [1.165, 1.54) is 11.6 Å². The van der Waals surface area contributed by atoms with E-state index in [1.54, 1.807) is 47.3 Å². The molecule has 1 amide bonds. The minimum Gasteiger partial charge on any atom is -0.457 e. The Morgan fingerprint density at radius 2 is 1.75 bits per heavy atom. The Balaban J connectivity index is 1.28. The number of benzene rings is 3. The van der Waals surface area contributed by atoms with Crippen molar-refractivity contribution in [2.75, 3.05) is 5.32 Å². The summed E-state index contributed by atoms with van der Waals surface area (Å²) in [5.41, 5.74) is 4.85. The SMILES string of the molecule is CC(C)c1ccc(-n2nc3ccc(NC(=O)/C=C/c4ccc(-c5cccc(Cl)c5Cl)o4)cc3n2)cc1. The van der Waals surface area contributed by atoms with Crippen molar-refractivity contribution in [3.05, 3.63) is 100 Å². The average molecular weight is 517 g/mol. The number of hydrogen-bond donors (Lipinski definition) is 1. The fourth-order valence-corrected chi connectivity index (χ4v) is 4.12. The molecule has 0 saturated carbocycles. The summed E-state index contributed by atoms with van der Waals surface area (Å²) >= 11 is 12.3. The van der Waals surface area contributed by atoms with Crippen LogP contribution in [0.5, 0.6) is 0 Å². The number of nitrogens with zero attached hydrogens (tertiary/aromatic N) is 3. The third kappa shape index (κ3) is 5.05. The molecule has 2 heterocycles. The summed E-state index contributed by atoms with van der Waals surface area (Å²) in [4.78, 5) is 14.1. The van der Waals surface area contributed by atoms with Gasteiger partial charge in [0.15, 0.2) is 0 Å². The number of rotatable bonds is 6. The van der Waals surface area contributed by atoms with Crippen LogP contribution < -0.4 is 5.32 Å². The number of hydrogen-bond acceptors (Lipinski definition) is 4. The van der Waals surface area contributed by atoms with Crippen LogP contribution in [0.4, 0.5) is 5.69 Å². The predicted molar refractivity (Wildman–Crippen MR) is 145 cm³/mol. The number of amides is 1. The van der Waals surface area contributed by atoms with E-state index in [2.05, 4.69) is 41.5 Å². The van der Waals surface area contributed by atoms with E-state index in [0.29, 0.717) is 44.3 Å². The van der Waals surface area contributed by atoms with Crippen LogP contribution in [0.15, 0.2) is 83.3 Å². The van der Waals surface area contributed by atoms with Gasteiger partial charge < -0.3 is 9.73 Å². The molecule has 0 bridgehead atoms. The van der Waals surface area contributed by atoms with Crippen molar-refractivity contribution in [3.63, 3.8) is 0 Å². The number of nitrogens with one attached hydrogen (secondary N) is 1. The minimum atomic E-state index is -0.301. The second-order valence-electron chi connectivity index (χ2n) is 8.57. The highest BCUT2D eigenvalue weighted by Gasteiger charge is 2.11. The van der Waals surface area contributed by atoms with E-state index in [9.17, 15) is 4.79 Å². The maximum atomic E-state index is 12.5. The molecule has 8 heteroatoms. The summed E-state index contributed by atoms with van der Waals surface area (Å²) in [7, 11) is 0. The number of anilines is 1. The molecular weight excluding hydrogens is 495 g/mol. The van der Waals surface area contributed by atoms with Gasteiger partial charge in [0.25, 0.3) is 0 Å². The van der Waals surface area contributed by atoms with E-state index >= 15 is 0 Å². The van der Waals surface area contributed by atoms with Crippen molar-refractivity contribution in [2.45, 2.75) is 19.8 Å². The quantitative estimate of drug-likeness (QED) is 0.234. The van der Waals surface area contributed by atoms with Gasteiger partial charge in [-0.3, -0.25) is 4.79 Å². The molecule has 0 aliphatic rings. The molecule has 0 atom stereocenters. The van der Waals surface area contributed by atoms with Crippen molar-refractivity contribution in [3.8, 4) is 17.0 Å². The molecule has 0 aliphatic carbocycles. The summed E-state index contributed by atoms with van der Waals surface area (Å²) in [5, 5.41) is 12.8. The molecule has 5 rings (SSSR count). The molecule has 6 nitrogen and oxygen atoms in total. The standard InChI is InChI=1S/C28H22Cl2N4O2/c1-17(2)18-6-9-20(10-7-18)34-32-24-13-8-19(16-25(24)33-34)31-27(35)15-12-21-11-14-26(36-21)22-4-3-5-23(29)28(22)30/h3-17H,1-2H3,(H,31,35)/b15-12+. The van der Waals surface area contributed by atoms with E-state index in [-0.39, 0.29) is 5.91 Å². The van der Waals surface area contributed by atoms with Crippen molar-refractivity contribution in [2.24, 2.45) is 0 Å². The number of halogens is 2. The Labute approximate surface area is 218 Å². The van der Waals surface area contributed by atoms with Crippen molar-refractivity contribution < 1.29 is 9.21 Å². The third-order valence-corrected chi connectivity index (χ3v) is 6.50. The van der Waals surface area contributed by atoms with Crippen LogP contribution in [-0.4, -0.2) is 20.9 Å². The maximum Gasteiger partial charge on any atom is 0.248 e. The van der Waals surface area contributed by atoms with E-state index in [1.807, 2.05) is 24.3 Å². The summed E-state index contributed by atoms with van der Waals surface area (Å²) < 4.78 is 5.80. The normalized spacial score (nSPS) is 11.6. The largest absolute Gasteiger partial charge is 0.457 e. The summed E-state index contributed by atoms with van der Waals surface area (Å²) in [6, 6.07) is 22.4. The minimum absolute atomic E-state index is 0.301. The number of aromatic nitrogens is 3. The van der Waals surface area contributed by atoms with Crippen LogP contribution in [0.2, 0.25) is 10.0 Å². The van der Waals surface area contributed by atoms with Gasteiger partial charge in [0, 0.05) is 17.3 Å². The van der Waals surface area contributed by atoms with Gasteiger partial charge >= 0.3 is 0 Å². The molecule has 5 aromatic rings. The van der Waals surface area contributed by atoms with Gasteiger partial charge in [0.1, 0.15) is 22.6 Å². The molecule has 3 aromatic carbocycles. The zero-order valence-electron chi connectivity index (χ0n) is 19.6. The summed E-state index contributed by atoms with van der Waals surface area (Å²) in [5.74, 6) is 1.23. The van der Waals surface area contributed by atoms with Gasteiger partial charge in [0.05, 0.1) is 15.7 Å². The molecule has 180 valence electrons. The smallest absolute Gasteiger partial charge is 0.248 e. The zero-order chi connectivity index (χ0) is 25.2. The first-order valence-electron chi connectivity index (χ1n) is 11.4. The molecule has 0 fully saturated rings. The molecule has 0 aliphatic heterocycles.